The fourth-order valence-electron chi connectivity index (χ4n) is 3.77. The molecule has 3 heteroatoms. The van der Waals surface area contributed by atoms with Crippen molar-refractivity contribution in [1.82, 2.24) is 5.32 Å². The molecule has 2 fully saturated rings. The molecule has 0 aromatic rings. The van der Waals surface area contributed by atoms with Gasteiger partial charge >= 0.3 is 0 Å². The van der Waals surface area contributed by atoms with Gasteiger partial charge in [0.15, 0.2) is 0 Å². The van der Waals surface area contributed by atoms with Crippen LogP contribution in [-0.2, 0) is 9.59 Å². The van der Waals surface area contributed by atoms with Gasteiger partial charge in [-0.15, -0.1) is 0 Å². The van der Waals surface area contributed by atoms with Crippen LogP contribution < -0.4 is 5.32 Å². The van der Waals surface area contributed by atoms with Gasteiger partial charge in [-0.3, -0.25) is 9.59 Å². The van der Waals surface area contributed by atoms with Gasteiger partial charge < -0.3 is 5.32 Å². The van der Waals surface area contributed by atoms with E-state index in [-0.39, 0.29) is 22.5 Å². The van der Waals surface area contributed by atoms with Gasteiger partial charge in [-0.1, -0.05) is 27.7 Å². The maximum atomic E-state index is 12.4. The summed E-state index contributed by atoms with van der Waals surface area (Å²) in [7, 11) is 0. The zero-order valence-electron chi connectivity index (χ0n) is 11.4. The van der Waals surface area contributed by atoms with Gasteiger partial charge in [0.1, 0.15) is 5.78 Å². The SMILES string of the molecule is CCCNC(=O)[C@]12CC[C@@](C)(C(=O)C1)C2(C)C. The highest BCUT2D eigenvalue weighted by Gasteiger charge is 2.72. The van der Waals surface area contributed by atoms with E-state index in [2.05, 4.69) is 19.2 Å². The molecular weight excluding hydrogens is 214 g/mol. The van der Waals surface area contributed by atoms with Crippen LogP contribution in [0.3, 0.4) is 0 Å². The Kier molecular flexibility index (Phi) is 2.64. The van der Waals surface area contributed by atoms with Gasteiger partial charge in [-0.25, -0.2) is 0 Å². The minimum atomic E-state index is -0.450. The van der Waals surface area contributed by atoms with Crippen molar-refractivity contribution in [2.75, 3.05) is 6.54 Å². The van der Waals surface area contributed by atoms with E-state index in [1.54, 1.807) is 0 Å². The second-order valence-corrected chi connectivity index (χ2v) is 6.40. The van der Waals surface area contributed by atoms with Crippen LogP contribution in [0.25, 0.3) is 0 Å². The lowest BCUT2D eigenvalue weighted by Crippen LogP contribution is -2.46. The summed E-state index contributed by atoms with van der Waals surface area (Å²) in [6.45, 7) is 8.98. The zero-order valence-corrected chi connectivity index (χ0v) is 11.4. The Morgan fingerprint density at radius 1 is 1.29 bits per heavy atom. The quantitative estimate of drug-likeness (QED) is 0.818. The van der Waals surface area contributed by atoms with Crippen LogP contribution in [0, 0.1) is 16.2 Å². The number of carbonyl (C=O) groups excluding carboxylic acids is 2. The number of hydrogen-bond donors (Lipinski definition) is 1. The smallest absolute Gasteiger partial charge is 0.227 e. The van der Waals surface area contributed by atoms with Crippen LogP contribution in [0.5, 0.6) is 0 Å². The molecule has 0 radical (unpaired) electrons. The van der Waals surface area contributed by atoms with Gasteiger partial charge in [-0.05, 0) is 24.7 Å². The largest absolute Gasteiger partial charge is 0.356 e. The Balaban J connectivity index is 2.33. The minimum absolute atomic E-state index is 0.0962. The molecule has 2 atom stereocenters. The monoisotopic (exact) mass is 237 g/mol. The van der Waals surface area contributed by atoms with Gasteiger partial charge in [0, 0.05) is 18.4 Å². The van der Waals surface area contributed by atoms with Crippen LogP contribution in [-0.4, -0.2) is 18.2 Å². The van der Waals surface area contributed by atoms with Crippen LogP contribution in [0.4, 0.5) is 0 Å². The molecule has 2 rings (SSSR count). The fourth-order valence-corrected chi connectivity index (χ4v) is 3.77. The second kappa shape index (κ2) is 3.56. The molecule has 0 aromatic heterocycles. The van der Waals surface area contributed by atoms with Crippen LogP contribution >= 0.6 is 0 Å². The van der Waals surface area contributed by atoms with Crippen molar-refractivity contribution in [2.45, 2.75) is 53.4 Å². The van der Waals surface area contributed by atoms with E-state index in [0.717, 1.165) is 19.3 Å². The van der Waals surface area contributed by atoms with E-state index in [0.29, 0.717) is 13.0 Å². The summed E-state index contributed by atoms with van der Waals surface area (Å²) in [5.41, 5.74) is -0.959. The maximum absolute atomic E-state index is 12.4. The molecule has 2 bridgehead atoms. The molecular formula is C14H23NO2. The van der Waals surface area contributed by atoms with E-state index < -0.39 is 5.41 Å². The molecule has 0 spiro atoms. The second-order valence-electron chi connectivity index (χ2n) is 6.40. The molecule has 2 aliphatic rings. The average Bonchev–Trinajstić information content (AvgIpc) is 2.56. The van der Waals surface area contributed by atoms with E-state index in [9.17, 15) is 9.59 Å². The van der Waals surface area contributed by atoms with Gasteiger partial charge in [0.05, 0.1) is 5.41 Å². The predicted octanol–water partition coefficient (Wildman–Crippen LogP) is 2.30. The molecule has 2 aliphatic carbocycles. The highest BCUT2D eigenvalue weighted by atomic mass is 16.2. The van der Waals surface area contributed by atoms with Crippen LogP contribution in [0.15, 0.2) is 0 Å². The number of carbonyl (C=O) groups is 2. The first-order valence-electron chi connectivity index (χ1n) is 6.63. The number of fused-ring (bicyclic) bond motifs is 2. The third-order valence-corrected chi connectivity index (χ3v) is 5.68. The molecule has 1 N–H and O–H groups in total. The topological polar surface area (TPSA) is 46.2 Å². The van der Waals surface area contributed by atoms with Crippen molar-refractivity contribution < 1.29 is 9.59 Å². The highest BCUT2D eigenvalue weighted by Crippen LogP contribution is 2.70. The van der Waals surface area contributed by atoms with Gasteiger partial charge in [-0.2, -0.15) is 0 Å². The summed E-state index contributed by atoms with van der Waals surface area (Å²) in [4.78, 5) is 24.6. The third-order valence-electron chi connectivity index (χ3n) is 5.68. The van der Waals surface area contributed by atoms with Crippen molar-refractivity contribution in [3.05, 3.63) is 0 Å². The number of amides is 1. The van der Waals surface area contributed by atoms with E-state index in [1.807, 2.05) is 13.8 Å². The Labute approximate surface area is 103 Å². The van der Waals surface area contributed by atoms with Crippen molar-refractivity contribution in [2.24, 2.45) is 16.2 Å². The standard InChI is InChI=1S/C14H23NO2/c1-5-8-15-11(17)14-7-6-13(4,10(16)9-14)12(14,2)3/h5-9H2,1-4H3,(H,15,17)/t13-,14-/m0/s1. The number of ketones is 1. The van der Waals surface area contributed by atoms with Crippen molar-refractivity contribution in [1.29, 1.82) is 0 Å². The summed E-state index contributed by atoms with van der Waals surface area (Å²) >= 11 is 0. The Bertz CT molecular complexity index is 374. The lowest BCUT2D eigenvalue weighted by molar-refractivity contribution is -0.136. The molecule has 3 nitrogen and oxygen atoms in total. The Morgan fingerprint density at radius 3 is 2.35 bits per heavy atom. The van der Waals surface area contributed by atoms with Gasteiger partial charge in [0.25, 0.3) is 0 Å². The summed E-state index contributed by atoms with van der Waals surface area (Å²) < 4.78 is 0. The van der Waals surface area contributed by atoms with E-state index in [1.165, 1.54) is 0 Å². The normalized spacial score (nSPS) is 38.5. The average molecular weight is 237 g/mol. The summed E-state index contributed by atoms with van der Waals surface area (Å²) in [5.74, 6) is 0.374. The van der Waals surface area contributed by atoms with Crippen molar-refractivity contribution in [3.8, 4) is 0 Å². The van der Waals surface area contributed by atoms with E-state index >= 15 is 0 Å². The number of Topliss-reactive ketones (excluding diaryl/α,β-unsaturated/α-hetero) is 1. The summed E-state index contributed by atoms with van der Waals surface area (Å²) in [5, 5.41) is 2.99. The molecule has 17 heavy (non-hydrogen) atoms. The predicted molar refractivity (Wildman–Crippen MR) is 66.5 cm³/mol. The minimum Gasteiger partial charge on any atom is -0.356 e. The zero-order chi connectivity index (χ0) is 12.9. The summed E-state index contributed by atoms with van der Waals surface area (Å²) in [6.07, 6.45) is 3.09. The number of rotatable bonds is 3. The molecule has 0 aliphatic heterocycles. The first-order valence-corrected chi connectivity index (χ1v) is 6.63. The molecule has 96 valence electrons. The van der Waals surface area contributed by atoms with Crippen molar-refractivity contribution >= 4 is 11.7 Å². The first-order chi connectivity index (χ1) is 7.82. The highest BCUT2D eigenvalue weighted by molar-refractivity contribution is 5.99. The fraction of sp³-hybridized carbons (Fsp3) is 0.857. The lowest BCUT2D eigenvalue weighted by Gasteiger charge is -2.38. The lowest BCUT2D eigenvalue weighted by atomic mass is 9.64. The van der Waals surface area contributed by atoms with Crippen molar-refractivity contribution in [3.63, 3.8) is 0 Å². The molecule has 2 saturated carbocycles. The van der Waals surface area contributed by atoms with E-state index in [4.69, 9.17) is 0 Å². The molecule has 0 saturated heterocycles. The van der Waals surface area contributed by atoms with Crippen LogP contribution in [0.2, 0.25) is 0 Å². The number of nitrogens with one attached hydrogen (secondary N) is 1. The van der Waals surface area contributed by atoms with Crippen LogP contribution in [0.1, 0.15) is 53.4 Å². The third kappa shape index (κ3) is 1.28. The Hall–Kier alpha value is -0.860. The Morgan fingerprint density at radius 2 is 1.94 bits per heavy atom. The molecule has 0 aromatic carbocycles. The maximum Gasteiger partial charge on any atom is 0.227 e. The number of hydrogen-bond acceptors (Lipinski definition) is 2. The first kappa shape index (κ1) is 12.6. The summed E-state index contributed by atoms with van der Waals surface area (Å²) in [6, 6.07) is 0. The molecule has 1 amide bonds. The molecule has 0 unspecified atom stereocenters. The van der Waals surface area contributed by atoms with Gasteiger partial charge in [0.2, 0.25) is 5.91 Å². The molecule has 0 heterocycles.